The molecular formula is C23H24N2O5S. The Balaban J connectivity index is 1.35. The molecule has 0 aliphatic carbocycles. The lowest BCUT2D eigenvalue weighted by molar-refractivity contribution is -0.139. The zero-order valence-electron chi connectivity index (χ0n) is 17.5. The van der Waals surface area contributed by atoms with Crippen LogP contribution in [0.25, 0.3) is 10.1 Å². The molecule has 2 aromatic heterocycles. The molecule has 3 aromatic rings. The van der Waals surface area contributed by atoms with E-state index in [0.717, 1.165) is 4.88 Å². The van der Waals surface area contributed by atoms with Gasteiger partial charge in [-0.05, 0) is 30.0 Å². The van der Waals surface area contributed by atoms with E-state index in [2.05, 4.69) is 24.0 Å². The Labute approximate surface area is 184 Å². The van der Waals surface area contributed by atoms with E-state index >= 15 is 0 Å². The van der Waals surface area contributed by atoms with E-state index < -0.39 is 5.97 Å². The molecule has 0 radical (unpaired) electrons. The van der Waals surface area contributed by atoms with E-state index in [0.29, 0.717) is 37.4 Å². The molecule has 1 aromatic carbocycles. The Bertz CT molecular complexity index is 1100. The summed E-state index contributed by atoms with van der Waals surface area (Å²) in [4.78, 5) is 31.5. The highest BCUT2D eigenvalue weighted by molar-refractivity contribution is 7.19. The molecular weight excluding hydrogens is 416 g/mol. The largest absolute Gasteiger partial charge is 0.489 e. The van der Waals surface area contributed by atoms with Crippen LogP contribution in [0.5, 0.6) is 5.75 Å². The number of pyridine rings is 1. The Morgan fingerprint density at radius 3 is 2.94 bits per heavy atom. The number of hydrogen-bond donors (Lipinski definition) is 0. The average molecular weight is 441 g/mol. The van der Waals surface area contributed by atoms with Crippen molar-refractivity contribution in [1.82, 2.24) is 9.88 Å². The number of carbonyl (C=O) groups is 2. The summed E-state index contributed by atoms with van der Waals surface area (Å²) in [7, 11) is 1.32. The SMILES string of the molecule is COC(=O)c1cncc(OCC2CN(C(=O)Cc3sc4ccccc4c3C)CCO2)c1. The van der Waals surface area contributed by atoms with E-state index in [1.54, 1.807) is 17.4 Å². The van der Waals surface area contributed by atoms with Gasteiger partial charge in [0, 0.05) is 22.3 Å². The average Bonchev–Trinajstić information content (AvgIpc) is 3.12. The van der Waals surface area contributed by atoms with Gasteiger partial charge in [0.25, 0.3) is 0 Å². The number of fused-ring (bicyclic) bond motifs is 1. The van der Waals surface area contributed by atoms with Crippen molar-refractivity contribution >= 4 is 33.3 Å². The van der Waals surface area contributed by atoms with Crippen molar-refractivity contribution in [2.45, 2.75) is 19.4 Å². The molecule has 0 saturated carbocycles. The van der Waals surface area contributed by atoms with Crippen LogP contribution >= 0.6 is 11.3 Å². The number of aryl methyl sites for hydroxylation is 1. The van der Waals surface area contributed by atoms with Crippen LogP contribution in [0.1, 0.15) is 20.8 Å². The van der Waals surface area contributed by atoms with Crippen LogP contribution in [-0.2, 0) is 20.7 Å². The highest BCUT2D eigenvalue weighted by Crippen LogP contribution is 2.31. The fourth-order valence-electron chi connectivity index (χ4n) is 3.61. The molecule has 1 amide bonds. The summed E-state index contributed by atoms with van der Waals surface area (Å²) in [6.07, 6.45) is 3.10. The molecule has 8 heteroatoms. The zero-order chi connectivity index (χ0) is 21.8. The van der Waals surface area contributed by atoms with Crippen LogP contribution in [0.15, 0.2) is 42.7 Å². The summed E-state index contributed by atoms with van der Waals surface area (Å²) < 4.78 is 17.4. The van der Waals surface area contributed by atoms with Gasteiger partial charge in [-0.2, -0.15) is 0 Å². The molecule has 7 nitrogen and oxygen atoms in total. The Kier molecular flexibility index (Phi) is 6.48. The van der Waals surface area contributed by atoms with Crippen LogP contribution in [0, 0.1) is 6.92 Å². The molecule has 0 bridgehead atoms. The number of benzene rings is 1. The smallest absolute Gasteiger partial charge is 0.339 e. The number of nitrogens with zero attached hydrogens (tertiary/aromatic N) is 2. The van der Waals surface area contributed by atoms with Crippen LogP contribution in [0.3, 0.4) is 0 Å². The Morgan fingerprint density at radius 2 is 2.13 bits per heavy atom. The van der Waals surface area contributed by atoms with Crippen LogP contribution < -0.4 is 4.74 Å². The molecule has 1 aliphatic heterocycles. The first-order valence-electron chi connectivity index (χ1n) is 10.1. The van der Waals surface area contributed by atoms with Crippen LogP contribution in [0.2, 0.25) is 0 Å². The van der Waals surface area contributed by atoms with Gasteiger partial charge in [0.05, 0.1) is 38.4 Å². The van der Waals surface area contributed by atoms with Crippen molar-refractivity contribution in [3.05, 3.63) is 58.7 Å². The number of morpholine rings is 1. The highest BCUT2D eigenvalue weighted by Gasteiger charge is 2.26. The second kappa shape index (κ2) is 9.45. The number of aromatic nitrogens is 1. The third-order valence-electron chi connectivity index (χ3n) is 5.32. The first-order valence-corrected chi connectivity index (χ1v) is 10.9. The number of amides is 1. The van der Waals surface area contributed by atoms with Gasteiger partial charge in [-0.15, -0.1) is 11.3 Å². The summed E-state index contributed by atoms with van der Waals surface area (Å²) in [5.74, 6) is 0.0772. The molecule has 1 atom stereocenters. The normalized spacial score (nSPS) is 16.3. The molecule has 3 heterocycles. The van der Waals surface area contributed by atoms with Crippen molar-refractivity contribution in [3.8, 4) is 5.75 Å². The monoisotopic (exact) mass is 440 g/mol. The third-order valence-corrected chi connectivity index (χ3v) is 6.59. The predicted octanol–water partition coefficient (Wildman–Crippen LogP) is 3.24. The molecule has 31 heavy (non-hydrogen) atoms. The lowest BCUT2D eigenvalue weighted by Crippen LogP contribution is -2.48. The molecule has 162 valence electrons. The molecule has 1 unspecified atom stereocenters. The summed E-state index contributed by atoms with van der Waals surface area (Å²) in [5.41, 5.74) is 1.50. The molecule has 1 aliphatic rings. The molecule has 1 saturated heterocycles. The van der Waals surface area contributed by atoms with E-state index in [4.69, 9.17) is 14.2 Å². The van der Waals surface area contributed by atoms with Gasteiger partial charge in [0.15, 0.2) is 0 Å². The van der Waals surface area contributed by atoms with Gasteiger partial charge < -0.3 is 19.1 Å². The van der Waals surface area contributed by atoms with Gasteiger partial charge in [-0.1, -0.05) is 18.2 Å². The fourth-order valence-corrected chi connectivity index (χ4v) is 4.81. The molecule has 0 N–H and O–H groups in total. The van der Waals surface area contributed by atoms with Gasteiger partial charge in [0.1, 0.15) is 18.5 Å². The lowest BCUT2D eigenvalue weighted by Gasteiger charge is -2.33. The van der Waals surface area contributed by atoms with Crippen molar-refractivity contribution < 1.29 is 23.8 Å². The number of thiophene rings is 1. The van der Waals surface area contributed by atoms with Gasteiger partial charge in [-0.25, -0.2) is 4.79 Å². The number of ether oxygens (including phenoxy) is 3. The highest BCUT2D eigenvalue weighted by atomic mass is 32.1. The minimum atomic E-state index is -0.472. The van der Waals surface area contributed by atoms with E-state index in [1.807, 2.05) is 17.0 Å². The zero-order valence-corrected chi connectivity index (χ0v) is 18.3. The maximum absolute atomic E-state index is 12.9. The minimum Gasteiger partial charge on any atom is -0.489 e. The first-order chi connectivity index (χ1) is 15.0. The van der Waals surface area contributed by atoms with Crippen molar-refractivity contribution in [1.29, 1.82) is 0 Å². The third kappa shape index (κ3) is 4.86. The van der Waals surface area contributed by atoms with Gasteiger partial charge in [-0.3, -0.25) is 9.78 Å². The summed E-state index contributed by atoms with van der Waals surface area (Å²) in [5, 5.41) is 1.21. The second-order valence-corrected chi connectivity index (χ2v) is 8.50. The molecule has 4 rings (SSSR count). The lowest BCUT2D eigenvalue weighted by atomic mass is 10.1. The fraction of sp³-hybridized carbons (Fsp3) is 0.348. The standard InChI is InChI=1S/C23H24N2O5S/c1-15-19-5-3-4-6-20(19)31-21(15)10-22(26)25-7-8-29-18(13-25)14-30-17-9-16(11-24-12-17)23(27)28-2/h3-6,9,11-12,18H,7-8,10,13-14H2,1-2H3. The predicted molar refractivity (Wildman–Crippen MR) is 118 cm³/mol. The van der Waals surface area contributed by atoms with Crippen molar-refractivity contribution in [3.63, 3.8) is 0 Å². The topological polar surface area (TPSA) is 78.0 Å². The van der Waals surface area contributed by atoms with E-state index in [-0.39, 0.29) is 18.6 Å². The maximum Gasteiger partial charge on any atom is 0.339 e. The van der Waals surface area contributed by atoms with Crippen molar-refractivity contribution in [2.75, 3.05) is 33.4 Å². The van der Waals surface area contributed by atoms with Gasteiger partial charge in [0.2, 0.25) is 5.91 Å². The van der Waals surface area contributed by atoms with Gasteiger partial charge >= 0.3 is 5.97 Å². The molecule has 0 spiro atoms. The number of methoxy groups -OCH3 is 1. The maximum atomic E-state index is 12.9. The van der Waals surface area contributed by atoms with Crippen LogP contribution in [0.4, 0.5) is 0 Å². The number of hydrogen-bond acceptors (Lipinski definition) is 7. The summed E-state index contributed by atoms with van der Waals surface area (Å²) in [6, 6.07) is 9.81. The van der Waals surface area contributed by atoms with Crippen LogP contribution in [-0.4, -0.2) is 61.3 Å². The Hall–Kier alpha value is -2.97. The summed E-state index contributed by atoms with van der Waals surface area (Å²) >= 11 is 1.68. The summed E-state index contributed by atoms with van der Waals surface area (Å²) in [6.45, 7) is 3.84. The quantitative estimate of drug-likeness (QED) is 0.548. The second-order valence-electron chi connectivity index (χ2n) is 7.37. The number of rotatable bonds is 6. The first kappa shape index (κ1) is 21.3. The van der Waals surface area contributed by atoms with Crippen molar-refractivity contribution in [2.24, 2.45) is 0 Å². The van der Waals surface area contributed by atoms with E-state index in [1.165, 1.54) is 35.2 Å². The van der Waals surface area contributed by atoms with E-state index in [9.17, 15) is 9.59 Å². The molecule has 1 fully saturated rings. The number of esters is 1. The number of carbonyl (C=O) groups excluding carboxylic acids is 2. The Morgan fingerprint density at radius 1 is 1.29 bits per heavy atom. The minimum absolute atomic E-state index is 0.0947.